The van der Waals surface area contributed by atoms with E-state index in [2.05, 4.69) is 20.8 Å². The molecule has 0 aromatic heterocycles. The molecule has 1 aliphatic carbocycles. The van der Waals surface area contributed by atoms with Gasteiger partial charge in [0.2, 0.25) is 5.91 Å². The number of nitrogens with zero attached hydrogens (tertiary/aromatic N) is 1. The van der Waals surface area contributed by atoms with E-state index in [1.165, 1.54) is 12.8 Å². The predicted octanol–water partition coefficient (Wildman–Crippen LogP) is 2.97. The SMILES string of the molecule is CN(CCC(N)=S)C(=O)C1CCC(C(C)(C)C)CC1. The molecule has 0 unspecified atom stereocenters. The molecule has 19 heavy (non-hydrogen) atoms. The van der Waals surface area contributed by atoms with Gasteiger partial charge in [-0.15, -0.1) is 0 Å². The molecule has 1 amide bonds. The van der Waals surface area contributed by atoms with Crippen LogP contribution in [0.5, 0.6) is 0 Å². The van der Waals surface area contributed by atoms with Gasteiger partial charge in [-0.1, -0.05) is 33.0 Å². The lowest BCUT2D eigenvalue weighted by molar-refractivity contribution is -0.135. The molecule has 0 spiro atoms. The van der Waals surface area contributed by atoms with Crippen LogP contribution in [-0.2, 0) is 4.79 Å². The Labute approximate surface area is 122 Å². The summed E-state index contributed by atoms with van der Waals surface area (Å²) in [5.41, 5.74) is 5.85. The Bertz CT molecular complexity index is 328. The molecule has 0 atom stereocenters. The molecule has 0 aromatic carbocycles. The summed E-state index contributed by atoms with van der Waals surface area (Å²) >= 11 is 4.85. The predicted molar refractivity (Wildman–Crippen MR) is 83.9 cm³/mol. The van der Waals surface area contributed by atoms with Crippen molar-refractivity contribution < 1.29 is 4.79 Å². The average molecular weight is 284 g/mol. The summed E-state index contributed by atoms with van der Waals surface area (Å²) in [6.07, 6.45) is 5.01. The maximum Gasteiger partial charge on any atom is 0.225 e. The molecule has 0 aliphatic heterocycles. The highest BCUT2D eigenvalue weighted by Gasteiger charge is 2.33. The van der Waals surface area contributed by atoms with Crippen molar-refractivity contribution in [2.45, 2.75) is 52.9 Å². The zero-order chi connectivity index (χ0) is 14.6. The highest BCUT2D eigenvalue weighted by Crippen LogP contribution is 2.40. The Morgan fingerprint density at radius 3 is 2.21 bits per heavy atom. The van der Waals surface area contributed by atoms with Crippen LogP contribution in [0.15, 0.2) is 0 Å². The quantitative estimate of drug-likeness (QED) is 0.807. The summed E-state index contributed by atoms with van der Waals surface area (Å²) in [5, 5.41) is 0. The summed E-state index contributed by atoms with van der Waals surface area (Å²) < 4.78 is 0. The topological polar surface area (TPSA) is 46.3 Å². The van der Waals surface area contributed by atoms with E-state index in [1.54, 1.807) is 4.90 Å². The van der Waals surface area contributed by atoms with Gasteiger partial charge in [0, 0.05) is 25.9 Å². The van der Waals surface area contributed by atoms with Crippen LogP contribution in [0.1, 0.15) is 52.9 Å². The Hall–Kier alpha value is -0.640. The third-order valence-electron chi connectivity index (χ3n) is 4.37. The molecular formula is C15H28N2OS. The molecule has 0 aromatic rings. The lowest BCUT2D eigenvalue weighted by atomic mass is 9.69. The molecule has 0 heterocycles. The Kier molecular flexibility index (Phi) is 5.78. The van der Waals surface area contributed by atoms with Crippen molar-refractivity contribution in [1.82, 2.24) is 4.90 Å². The smallest absolute Gasteiger partial charge is 0.225 e. The van der Waals surface area contributed by atoms with Gasteiger partial charge in [-0.25, -0.2) is 0 Å². The number of hydrogen-bond acceptors (Lipinski definition) is 2. The molecule has 0 saturated heterocycles. The maximum atomic E-state index is 12.3. The summed E-state index contributed by atoms with van der Waals surface area (Å²) in [7, 11) is 1.86. The first-order valence-corrected chi connectivity index (χ1v) is 7.66. The second-order valence-electron chi connectivity index (χ2n) is 6.89. The van der Waals surface area contributed by atoms with Gasteiger partial charge in [0.25, 0.3) is 0 Å². The highest BCUT2D eigenvalue weighted by atomic mass is 32.1. The van der Waals surface area contributed by atoms with Crippen LogP contribution < -0.4 is 5.73 Å². The summed E-state index contributed by atoms with van der Waals surface area (Å²) in [4.78, 5) is 14.6. The zero-order valence-corrected chi connectivity index (χ0v) is 13.6. The first kappa shape index (κ1) is 16.4. The van der Waals surface area contributed by atoms with Crippen molar-refractivity contribution in [1.29, 1.82) is 0 Å². The molecule has 0 radical (unpaired) electrons. The third kappa shape index (κ3) is 5.09. The fourth-order valence-electron chi connectivity index (χ4n) is 2.91. The van der Waals surface area contributed by atoms with Gasteiger partial charge in [-0.2, -0.15) is 0 Å². The molecule has 0 bridgehead atoms. The molecule has 4 heteroatoms. The largest absolute Gasteiger partial charge is 0.393 e. The molecule has 1 fully saturated rings. The number of thiocarbonyl (C=S) groups is 1. The lowest BCUT2D eigenvalue weighted by Crippen LogP contribution is -2.37. The minimum atomic E-state index is 0.204. The second-order valence-corrected chi connectivity index (χ2v) is 7.42. The van der Waals surface area contributed by atoms with Gasteiger partial charge in [0.15, 0.2) is 0 Å². The standard InChI is InChI=1S/C15H28N2OS/c1-15(2,3)12-7-5-11(6-8-12)14(18)17(4)10-9-13(16)19/h11-12H,5-10H2,1-4H3,(H2,16,19). The van der Waals surface area contributed by atoms with E-state index in [4.69, 9.17) is 18.0 Å². The average Bonchev–Trinajstić information content (AvgIpc) is 2.34. The van der Waals surface area contributed by atoms with Crippen LogP contribution in [0.3, 0.4) is 0 Å². The van der Waals surface area contributed by atoms with Crippen LogP contribution in [0.25, 0.3) is 0 Å². The number of rotatable bonds is 4. The normalized spacial score (nSPS) is 24.0. The Morgan fingerprint density at radius 2 is 1.79 bits per heavy atom. The van der Waals surface area contributed by atoms with Crippen molar-refractivity contribution in [2.24, 2.45) is 23.0 Å². The summed E-state index contributed by atoms with van der Waals surface area (Å²) in [5.74, 6) is 1.22. The Morgan fingerprint density at radius 1 is 1.26 bits per heavy atom. The van der Waals surface area contributed by atoms with Crippen LogP contribution in [0.4, 0.5) is 0 Å². The summed E-state index contributed by atoms with van der Waals surface area (Å²) in [6, 6.07) is 0. The van der Waals surface area contributed by atoms with E-state index in [1.807, 2.05) is 7.05 Å². The van der Waals surface area contributed by atoms with Gasteiger partial charge >= 0.3 is 0 Å². The van der Waals surface area contributed by atoms with Crippen molar-refractivity contribution in [2.75, 3.05) is 13.6 Å². The van der Waals surface area contributed by atoms with E-state index >= 15 is 0 Å². The molecule has 1 rings (SSSR count). The second kappa shape index (κ2) is 6.69. The Balaban J connectivity index is 2.42. The molecule has 2 N–H and O–H groups in total. The first-order valence-electron chi connectivity index (χ1n) is 7.25. The molecule has 110 valence electrons. The number of carbonyl (C=O) groups excluding carboxylic acids is 1. The third-order valence-corrected chi connectivity index (χ3v) is 4.58. The zero-order valence-electron chi connectivity index (χ0n) is 12.7. The molecule has 1 aliphatic rings. The number of amides is 1. The van der Waals surface area contributed by atoms with E-state index < -0.39 is 0 Å². The van der Waals surface area contributed by atoms with Crippen LogP contribution in [0.2, 0.25) is 0 Å². The van der Waals surface area contributed by atoms with E-state index in [0.717, 1.165) is 18.8 Å². The number of carbonyl (C=O) groups is 1. The minimum Gasteiger partial charge on any atom is -0.393 e. The highest BCUT2D eigenvalue weighted by molar-refractivity contribution is 7.80. The van der Waals surface area contributed by atoms with Gasteiger partial charge in [-0.3, -0.25) is 4.79 Å². The van der Waals surface area contributed by atoms with Crippen LogP contribution in [-0.4, -0.2) is 29.4 Å². The fraction of sp³-hybridized carbons (Fsp3) is 0.867. The lowest BCUT2D eigenvalue weighted by Gasteiger charge is -2.37. The molecule has 3 nitrogen and oxygen atoms in total. The van der Waals surface area contributed by atoms with Crippen molar-refractivity contribution in [3.63, 3.8) is 0 Å². The number of hydrogen-bond donors (Lipinski definition) is 1. The van der Waals surface area contributed by atoms with Crippen LogP contribution in [0, 0.1) is 17.3 Å². The van der Waals surface area contributed by atoms with Gasteiger partial charge in [0.1, 0.15) is 0 Å². The summed E-state index contributed by atoms with van der Waals surface area (Å²) in [6.45, 7) is 7.55. The molecule has 1 saturated carbocycles. The van der Waals surface area contributed by atoms with Crippen LogP contribution >= 0.6 is 12.2 Å². The minimum absolute atomic E-state index is 0.204. The maximum absolute atomic E-state index is 12.3. The first-order chi connectivity index (χ1) is 8.71. The van der Waals surface area contributed by atoms with E-state index in [9.17, 15) is 4.79 Å². The monoisotopic (exact) mass is 284 g/mol. The van der Waals surface area contributed by atoms with Crippen molar-refractivity contribution >= 4 is 23.1 Å². The van der Waals surface area contributed by atoms with E-state index in [0.29, 0.717) is 23.4 Å². The molecular weight excluding hydrogens is 256 g/mol. The van der Waals surface area contributed by atoms with Gasteiger partial charge < -0.3 is 10.6 Å². The number of nitrogens with two attached hydrogens (primary N) is 1. The van der Waals surface area contributed by atoms with Crippen molar-refractivity contribution in [3.05, 3.63) is 0 Å². The van der Waals surface area contributed by atoms with Crippen molar-refractivity contribution in [3.8, 4) is 0 Å². The van der Waals surface area contributed by atoms with E-state index in [-0.39, 0.29) is 11.8 Å². The van der Waals surface area contributed by atoms with Gasteiger partial charge in [-0.05, 0) is 37.0 Å². The fourth-order valence-corrected chi connectivity index (χ4v) is 3.00. The van der Waals surface area contributed by atoms with Gasteiger partial charge in [0.05, 0.1) is 4.99 Å².